The third kappa shape index (κ3) is 6.54. The van der Waals surface area contributed by atoms with Gasteiger partial charge in [0.25, 0.3) is 0 Å². The van der Waals surface area contributed by atoms with Gasteiger partial charge in [0.1, 0.15) is 0 Å². The normalized spacial score (nSPS) is 16.5. The van der Waals surface area contributed by atoms with E-state index in [0.29, 0.717) is 49.9 Å². The summed E-state index contributed by atoms with van der Waals surface area (Å²) in [6.45, 7) is 9.49. The molecule has 1 fully saturated rings. The van der Waals surface area contributed by atoms with Crippen LogP contribution in [-0.4, -0.2) is 35.7 Å². The number of anilines is 1. The van der Waals surface area contributed by atoms with E-state index >= 15 is 0 Å². The number of nitrogens with zero attached hydrogens (tertiary/aromatic N) is 1. The number of rotatable bonds is 6. The predicted molar refractivity (Wildman–Crippen MR) is 107 cm³/mol. The van der Waals surface area contributed by atoms with Crippen LogP contribution in [0.3, 0.4) is 0 Å². The van der Waals surface area contributed by atoms with E-state index in [9.17, 15) is 9.59 Å². The van der Waals surface area contributed by atoms with Crippen molar-refractivity contribution >= 4 is 17.7 Å². The van der Waals surface area contributed by atoms with Gasteiger partial charge in [-0.05, 0) is 36.0 Å². The molecule has 1 heterocycles. The van der Waals surface area contributed by atoms with Crippen LogP contribution in [0.2, 0.25) is 0 Å². The molecule has 6 nitrogen and oxygen atoms in total. The van der Waals surface area contributed by atoms with Crippen molar-refractivity contribution in [2.75, 3.05) is 18.4 Å². The summed E-state index contributed by atoms with van der Waals surface area (Å²) in [4.78, 5) is 26.2. The molecule has 1 aromatic carbocycles. The van der Waals surface area contributed by atoms with E-state index < -0.39 is 11.8 Å². The Morgan fingerprint density at radius 1 is 1.15 bits per heavy atom. The highest BCUT2D eigenvalue weighted by molar-refractivity contribution is 5.85. The fourth-order valence-corrected chi connectivity index (χ4v) is 3.09. The number of piperidine rings is 1. The van der Waals surface area contributed by atoms with Crippen molar-refractivity contribution in [2.24, 2.45) is 11.7 Å². The van der Waals surface area contributed by atoms with Crippen LogP contribution in [0.1, 0.15) is 64.9 Å². The van der Waals surface area contributed by atoms with Crippen molar-refractivity contribution < 1.29 is 14.3 Å². The van der Waals surface area contributed by atoms with Crippen molar-refractivity contribution in [3.63, 3.8) is 0 Å². The monoisotopic (exact) mass is 375 g/mol. The lowest BCUT2D eigenvalue weighted by atomic mass is 10.00. The predicted octanol–water partition coefficient (Wildman–Crippen LogP) is 4.07. The van der Waals surface area contributed by atoms with Crippen LogP contribution in [0.4, 0.5) is 10.5 Å². The summed E-state index contributed by atoms with van der Waals surface area (Å²) in [5.74, 6) is 1.10. The molecule has 0 bridgehead atoms. The summed E-state index contributed by atoms with van der Waals surface area (Å²) < 4.78 is 5.48. The minimum atomic E-state index is -1.03. The maximum atomic E-state index is 12.2. The van der Waals surface area contributed by atoms with Crippen LogP contribution < -0.4 is 11.1 Å². The summed E-state index contributed by atoms with van der Waals surface area (Å²) in [5, 5.41) is 2.73. The third-order valence-corrected chi connectivity index (χ3v) is 5.02. The second-order valence-electron chi connectivity index (χ2n) is 8.17. The van der Waals surface area contributed by atoms with E-state index in [1.807, 2.05) is 29.2 Å². The Labute approximate surface area is 162 Å². The summed E-state index contributed by atoms with van der Waals surface area (Å²) >= 11 is 0. The Hall–Kier alpha value is -2.08. The Bertz CT molecular complexity index is 633. The highest BCUT2D eigenvalue weighted by Gasteiger charge is 2.35. The second-order valence-corrected chi connectivity index (χ2v) is 8.17. The molecule has 1 aliphatic rings. The van der Waals surface area contributed by atoms with Gasteiger partial charge in [-0.1, -0.05) is 39.8 Å². The molecule has 1 aromatic rings. The molecule has 1 aliphatic heterocycles. The highest BCUT2D eigenvalue weighted by atomic mass is 16.6. The highest BCUT2D eigenvalue weighted by Crippen LogP contribution is 2.23. The lowest BCUT2D eigenvalue weighted by Gasteiger charge is -2.38. The van der Waals surface area contributed by atoms with Gasteiger partial charge in [0.15, 0.2) is 5.72 Å². The lowest BCUT2D eigenvalue weighted by Crippen LogP contribution is -2.54. The van der Waals surface area contributed by atoms with Crippen molar-refractivity contribution in [2.45, 2.75) is 65.0 Å². The van der Waals surface area contributed by atoms with Gasteiger partial charge in [-0.15, -0.1) is 0 Å². The minimum Gasteiger partial charge on any atom is -0.428 e. The summed E-state index contributed by atoms with van der Waals surface area (Å²) in [6, 6.07) is 7.69. The van der Waals surface area contributed by atoms with Gasteiger partial charge in [0, 0.05) is 38.0 Å². The van der Waals surface area contributed by atoms with Crippen LogP contribution in [-0.2, 0) is 9.53 Å². The first kappa shape index (κ1) is 21.2. The standard InChI is InChI=1S/C21H33N3O3/c1-15(2)5-10-19(25)24-13-11-21(22,12-14-24)27-20(26)23-18-8-6-17(7-9-18)16(3)4/h6-9,15-16H,5,10-14,22H2,1-4H3,(H,23,26). The molecular formula is C21H33N3O3. The molecule has 0 saturated carbocycles. The average Bonchev–Trinajstić information content (AvgIpc) is 2.60. The molecule has 27 heavy (non-hydrogen) atoms. The first-order chi connectivity index (χ1) is 12.7. The number of hydrogen-bond donors (Lipinski definition) is 2. The van der Waals surface area contributed by atoms with Gasteiger partial charge in [0.05, 0.1) is 0 Å². The van der Waals surface area contributed by atoms with Crippen LogP contribution >= 0.6 is 0 Å². The zero-order valence-electron chi connectivity index (χ0n) is 17.0. The van der Waals surface area contributed by atoms with Crippen molar-refractivity contribution in [3.8, 4) is 0 Å². The van der Waals surface area contributed by atoms with Gasteiger partial charge >= 0.3 is 6.09 Å². The van der Waals surface area contributed by atoms with Gasteiger partial charge in [-0.25, -0.2) is 4.79 Å². The molecule has 3 N–H and O–H groups in total. The maximum absolute atomic E-state index is 12.2. The van der Waals surface area contributed by atoms with E-state index in [-0.39, 0.29) is 5.91 Å². The van der Waals surface area contributed by atoms with Gasteiger partial charge < -0.3 is 9.64 Å². The van der Waals surface area contributed by atoms with Crippen molar-refractivity contribution in [3.05, 3.63) is 29.8 Å². The molecule has 0 unspecified atom stereocenters. The Morgan fingerprint density at radius 3 is 2.26 bits per heavy atom. The number of likely N-dealkylation sites (tertiary alicyclic amines) is 1. The van der Waals surface area contributed by atoms with Crippen LogP contribution in [0.15, 0.2) is 24.3 Å². The topological polar surface area (TPSA) is 84.7 Å². The molecule has 2 amide bonds. The average molecular weight is 376 g/mol. The SMILES string of the molecule is CC(C)CCC(=O)N1CCC(N)(OC(=O)Nc2ccc(C(C)C)cc2)CC1. The summed E-state index contributed by atoms with van der Waals surface area (Å²) in [5.41, 5.74) is 7.09. The zero-order valence-corrected chi connectivity index (χ0v) is 17.0. The number of benzene rings is 1. The number of ether oxygens (including phenoxy) is 1. The molecule has 6 heteroatoms. The molecule has 2 rings (SSSR count). The van der Waals surface area contributed by atoms with Crippen molar-refractivity contribution in [1.29, 1.82) is 0 Å². The minimum absolute atomic E-state index is 0.153. The van der Waals surface area contributed by atoms with Crippen molar-refractivity contribution in [1.82, 2.24) is 4.90 Å². The smallest absolute Gasteiger partial charge is 0.413 e. The van der Waals surface area contributed by atoms with Gasteiger partial charge in [-0.3, -0.25) is 15.8 Å². The van der Waals surface area contributed by atoms with E-state index in [2.05, 4.69) is 33.0 Å². The Kier molecular flexibility index (Phi) is 7.25. The number of hydrogen-bond acceptors (Lipinski definition) is 4. The summed E-state index contributed by atoms with van der Waals surface area (Å²) in [6.07, 6.45) is 1.77. The number of carbonyl (C=O) groups excluding carboxylic acids is 2. The maximum Gasteiger partial charge on any atom is 0.413 e. The molecule has 0 aliphatic carbocycles. The number of amides is 2. The molecule has 0 atom stereocenters. The molecule has 150 valence electrons. The summed E-state index contributed by atoms with van der Waals surface area (Å²) in [7, 11) is 0. The Morgan fingerprint density at radius 2 is 1.74 bits per heavy atom. The largest absolute Gasteiger partial charge is 0.428 e. The number of carbonyl (C=O) groups is 2. The lowest BCUT2D eigenvalue weighted by molar-refractivity contribution is -0.135. The molecule has 0 aromatic heterocycles. The first-order valence-electron chi connectivity index (χ1n) is 9.85. The molecule has 0 radical (unpaired) electrons. The second kappa shape index (κ2) is 9.22. The molecule has 0 spiro atoms. The van der Waals surface area contributed by atoms with E-state index in [1.165, 1.54) is 5.56 Å². The zero-order chi connectivity index (χ0) is 20.0. The van der Waals surface area contributed by atoms with E-state index in [0.717, 1.165) is 6.42 Å². The van der Waals surface area contributed by atoms with Crippen LogP contribution in [0, 0.1) is 5.92 Å². The fourth-order valence-electron chi connectivity index (χ4n) is 3.09. The van der Waals surface area contributed by atoms with E-state index in [4.69, 9.17) is 10.5 Å². The number of nitrogens with two attached hydrogens (primary N) is 1. The Balaban J connectivity index is 1.81. The quantitative estimate of drug-likeness (QED) is 0.734. The van der Waals surface area contributed by atoms with Gasteiger partial charge in [-0.2, -0.15) is 0 Å². The fraction of sp³-hybridized carbons (Fsp3) is 0.619. The number of nitrogens with one attached hydrogen (secondary N) is 1. The third-order valence-electron chi connectivity index (χ3n) is 5.02. The van der Waals surface area contributed by atoms with Crippen LogP contribution in [0.25, 0.3) is 0 Å². The first-order valence-corrected chi connectivity index (χ1v) is 9.85. The van der Waals surface area contributed by atoms with E-state index in [1.54, 1.807) is 0 Å². The van der Waals surface area contributed by atoms with Gasteiger partial charge in [0.2, 0.25) is 5.91 Å². The van der Waals surface area contributed by atoms with Crippen LogP contribution in [0.5, 0.6) is 0 Å². The molecular weight excluding hydrogens is 342 g/mol. The molecule has 1 saturated heterocycles.